The van der Waals surface area contributed by atoms with Crippen molar-refractivity contribution < 1.29 is 13.5 Å². The van der Waals surface area contributed by atoms with Crippen molar-refractivity contribution in [3.05, 3.63) is 60.4 Å². The van der Waals surface area contributed by atoms with E-state index in [1.165, 1.54) is 16.8 Å². The minimum absolute atomic E-state index is 0.00531. The summed E-state index contributed by atoms with van der Waals surface area (Å²) in [5, 5.41) is 9.27. The molecule has 3 heterocycles. The van der Waals surface area contributed by atoms with Gasteiger partial charge in [0.15, 0.2) is 5.03 Å². The zero-order valence-corrected chi connectivity index (χ0v) is 17.0. The third kappa shape index (κ3) is 4.07. The molecule has 1 atom stereocenters. The molecule has 9 heteroatoms. The molecule has 1 aliphatic heterocycles. The second-order valence-electron chi connectivity index (χ2n) is 7.26. The molecule has 0 spiro atoms. The van der Waals surface area contributed by atoms with Crippen LogP contribution in [0.15, 0.2) is 54.2 Å². The lowest BCUT2D eigenvalue weighted by molar-refractivity contribution is 0.282. The highest BCUT2D eigenvalue weighted by atomic mass is 32.2. The number of rotatable bonds is 5. The summed E-state index contributed by atoms with van der Waals surface area (Å²) in [5.74, 6) is -0.0218. The van der Waals surface area contributed by atoms with Crippen LogP contribution in [0.25, 0.3) is 11.3 Å². The Morgan fingerprint density at radius 1 is 1.21 bits per heavy atom. The average Bonchev–Trinajstić information content (AvgIpc) is 3.21. The first-order chi connectivity index (χ1) is 14.0. The first-order valence-electron chi connectivity index (χ1n) is 9.47. The maximum atomic E-state index is 12.9. The molecule has 152 valence electrons. The third-order valence-corrected chi connectivity index (χ3v) is 6.92. The number of sulfonamides is 1. The van der Waals surface area contributed by atoms with Crippen molar-refractivity contribution in [2.24, 2.45) is 7.05 Å². The van der Waals surface area contributed by atoms with Gasteiger partial charge in [-0.2, -0.15) is 4.31 Å². The first kappa shape index (κ1) is 19.7. The normalized spacial score (nSPS) is 18.1. The van der Waals surface area contributed by atoms with Gasteiger partial charge >= 0.3 is 0 Å². The minimum atomic E-state index is -3.62. The van der Waals surface area contributed by atoms with Gasteiger partial charge in [-0.05, 0) is 18.4 Å². The predicted octanol–water partition coefficient (Wildman–Crippen LogP) is 1.94. The average molecular weight is 414 g/mol. The Balaban J connectivity index is 1.57. The Morgan fingerprint density at radius 2 is 2.00 bits per heavy atom. The fourth-order valence-corrected chi connectivity index (χ4v) is 5.04. The van der Waals surface area contributed by atoms with Gasteiger partial charge in [0.1, 0.15) is 0 Å². The largest absolute Gasteiger partial charge is 0.392 e. The topological polar surface area (TPSA) is 101 Å². The highest BCUT2D eigenvalue weighted by Gasteiger charge is 2.33. The number of nitrogens with zero attached hydrogens (tertiary/aromatic N) is 5. The van der Waals surface area contributed by atoms with Gasteiger partial charge in [-0.3, -0.25) is 4.98 Å². The fraction of sp³-hybridized carbons (Fsp3) is 0.350. The summed E-state index contributed by atoms with van der Waals surface area (Å²) in [6.45, 7) is 0.834. The van der Waals surface area contributed by atoms with Gasteiger partial charge in [-0.25, -0.2) is 18.4 Å². The minimum Gasteiger partial charge on any atom is -0.392 e. The van der Waals surface area contributed by atoms with Gasteiger partial charge in [0, 0.05) is 44.0 Å². The summed E-state index contributed by atoms with van der Waals surface area (Å²) in [6.07, 6.45) is 8.04. The predicted molar refractivity (Wildman–Crippen MR) is 107 cm³/mol. The van der Waals surface area contributed by atoms with Crippen LogP contribution in [0.1, 0.15) is 30.0 Å². The molecule has 0 radical (unpaired) electrons. The molecule has 1 N–H and O–H groups in total. The van der Waals surface area contributed by atoms with Crippen LogP contribution in [-0.2, 0) is 23.7 Å². The number of hydrogen-bond acceptors (Lipinski definition) is 6. The van der Waals surface area contributed by atoms with Crippen LogP contribution < -0.4 is 0 Å². The smallest absolute Gasteiger partial charge is 0.262 e. The van der Waals surface area contributed by atoms with E-state index in [4.69, 9.17) is 4.98 Å². The van der Waals surface area contributed by atoms with Crippen molar-refractivity contribution in [2.75, 3.05) is 13.1 Å². The first-order valence-corrected chi connectivity index (χ1v) is 10.9. The van der Waals surface area contributed by atoms with E-state index in [1.54, 1.807) is 24.0 Å². The number of aliphatic hydroxyl groups excluding tert-OH is 1. The molecule has 0 unspecified atom stereocenters. The molecule has 1 aliphatic rings. The Hall–Kier alpha value is -2.62. The zero-order chi connectivity index (χ0) is 20.4. The van der Waals surface area contributed by atoms with Crippen LogP contribution in [-0.4, -0.2) is 50.4 Å². The van der Waals surface area contributed by atoms with Gasteiger partial charge in [-0.15, -0.1) is 0 Å². The molecule has 1 fully saturated rings. The van der Waals surface area contributed by atoms with Crippen LogP contribution in [0.4, 0.5) is 0 Å². The van der Waals surface area contributed by atoms with E-state index in [-0.39, 0.29) is 17.6 Å². The van der Waals surface area contributed by atoms with Crippen molar-refractivity contribution in [1.82, 2.24) is 23.8 Å². The van der Waals surface area contributed by atoms with E-state index < -0.39 is 10.0 Å². The molecule has 0 amide bonds. The van der Waals surface area contributed by atoms with Crippen LogP contribution >= 0.6 is 0 Å². The summed E-state index contributed by atoms with van der Waals surface area (Å²) < 4.78 is 29.0. The molecular formula is C20H23N5O3S. The van der Waals surface area contributed by atoms with E-state index >= 15 is 0 Å². The lowest BCUT2D eigenvalue weighted by atomic mass is 9.96. The maximum absolute atomic E-state index is 12.9. The molecule has 2 aromatic heterocycles. The second-order valence-corrected chi connectivity index (χ2v) is 9.15. The van der Waals surface area contributed by atoms with Gasteiger partial charge in [0.25, 0.3) is 10.0 Å². The summed E-state index contributed by atoms with van der Waals surface area (Å²) in [7, 11) is -1.87. The molecular weight excluding hydrogens is 390 g/mol. The molecule has 8 nitrogen and oxygen atoms in total. The van der Waals surface area contributed by atoms with Gasteiger partial charge in [0.05, 0.1) is 30.5 Å². The fourth-order valence-electron chi connectivity index (χ4n) is 3.55. The van der Waals surface area contributed by atoms with Crippen LogP contribution in [0.2, 0.25) is 0 Å². The van der Waals surface area contributed by atoms with Gasteiger partial charge in [-0.1, -0.05) is 24.3 Å². The summed E-state index contributed by atoms with van der Waals surface area (Å²) in [4.78, 5) is 13.1. The monoisotopic (exact) mass is 413 g/mol. The summed E-state index contributed by atoms with van der Waals surface area (Å²) >= 11 is 0. The Kier molecular flexibility index (Phi) is 5.44. The molecule has 29 heavy (non-hydrogen) atoms. The molecule has 3 aromatic rings. The number of aliphatic hydroxyl groups is 1. The highest BCUT2D eigenvalue weighted by molar-refractivity contribution is 7.89. The van der Waals surface area contributed by atoms with E-state index in [1.807, 2.05) is 24.3 Å². The van der Waals surface area contributed by atoms with Gasteiger partial charge < -0.3 is 9.67 Å². The van der Waals surface area contributed by atoms with Crippen molar-refractivity contribution >= 4 is 10.0 Å². The van der Waals surface area contributed by atoms with Crippen molar-refractivity contribution in [3.63, 3.8) is 0 Å². The standard InChI is InChI=1S/C20H23N5O3S/c1-24-12-20(22-14-24)29(27,28)25-8-2-3-17(11-25)19-10-21-9-18(23-19)16-6-4-15(13-26)5-7-16/h4-7,9-10,12,14,17,26H,2-3,8,11,13H2,1H3/t17-/m0/s1. The van der Waals surface area contributed by atoms with E-state index in [2.05, 4.69) is 9.97 Å². The lowest BCUT2D eigenvalue weighted by Crippen LogP contribution is -2.39. The molecule has 0 bridgehead atoms. The summed E-state index contributed by atoms with van der Waals surface area (Å²) in [5.41, 5.74) is 3.26. The number of imidazole rings is 1. The van der Waals surface area contributed by atoms with Crippen molar-refractivity contribution in [1.29, 1.82) is 0 Å². The molecule has 0 saturated carbocycles. The number of aryl methyl sites for hydroxylation is 1. The van der Waals surface area contributed by atoms with E-state index in [9.17, 15) is 13.5 Å². The van der Waals surface area contributed by atoms with Crippen LogP contribution in [0, 0.1) is 0 Å². The number of hydrogen-bond donors (Lipinski definition) is 1. The maximum Gasteiger partial charge on any atom is 0.262 e. The Labute approximate surface area is 169 Å². The van der Waals surface area contributed by atoms with Crippen LogP contribution in [0.5, 0.6) is 0 Å². The zero-order valence-electron chi connectivity index (χ0n) is 16.1. The number of piperidine rings is 1. The van der Waals surface area contributed by atoms with Gasteiger partial charge in [0.2, 0.25) is 0 Å². The highest BCUT2D eigenvalue weighted by Crippen LogP contribution is 2.30. The number of benzene rings is 1. The Bertz CT molecular complexity index is 1100. The molecule has 4 rings (SSSR count). The van der Waals surface area contributed by atoms with Crippen LogP contribution in [0.3, 0.4) is 0 Å². The quantitative estimate of drug-likeness (QED) is 0.686. The SMILES string of the molecule is Cn1cnc(S(=O)(=O)N2CCC[C@H](c3cncc(-c4ccc(CO)cc4)n3)C2)c1. The molecule has 1 aromatic carbocycles. The summed E-state index contributed by atoms with van der Waals surface area (Å²) in [6, 6.07) is 7.51. The van der Waals surface area contributed by atoms with Crippen molar-refractivity contribution in [2.45, 2.75) is 30.4 Å². The molecule has 1 saturated heterocycles. The third-order valence-electron chi connectivity index (χ3n) is 5.17. The lowest BCUT2D eigenvalue weighted by Gasteiger charge is -2.31. The number of aromatic nitrogens is 4. The van der Waals surface area contributed by atoms with E-state index in [0.29, 0.717) is 13.1 Å². The molecule has 0 aliphatic carbocycles. The van der Waals surface area contributed by atoms with E-state index in [0.717, 1.165) is 35.4 Å². The second kappa shape index (κ2) is 8.02. The Morgan fingerprint density at radius 3 is 2.69 bits per heavy atom. The van der Waals surface area contributed by atoms with Crippen molar-refractivity contribution in [3.8, 4) is 11.3 Å².